The Morgan fingerprint density at radius 2 is 2.38 bits per heavy atom. The molecule has 0 aromatic carbocycles. The first-order chi connectivity index (χ1) is 6.33. The maximum absolute atomic E-state index is 5.57. The number of aromatic nitrogens is 1. The quantitative estimate of drug-likeness (QED) is 0.664. The van der Waals surface area contributed by atoms with Gasteiger partial charge in [0.05, 0.1) is 13.2 Å². The number of rotatable bonds is 5. The van der Waals surface area contributed by atoms with Gasteiger partial charge < -0.3 is 16.2 Å². The largest absolute Gasteiger partial charge is 0.375 e. The van der Waals surface area contributed by atoms with Crippen molar-refractivity contribution in [3.8, 4) is 0 Å². The maximum atomic E-state index is 5.57. The van der Waals surface area contributed by atoms with Crippen molar-refractivity contribution >= 4 is 0 Å². The number of pyridine rings is 1. The maximum Gasteiger partial charge on any atom is 0.0732 e. The van der Waals surface area contributed by atoms with Crippen molar-refractivity contribution in [2.75, 3.05) is 13.2 Å². The van der Waals surface area contributed by atoms with Crippen LogP contribution in [0.5, 0.6) is 0 Å². The highest BCUT2D eigenvalue weighted by Crippen LogP contribution is 1.97. The summed E-state index contributed by atoms with van der Waals surface area (Å²) in [6.45, 7) is 1.49. The third kappa shape index (κ3) is 3.98. The van der Waals surface area contributed by atoms with E-state index in [9.17, 15) is 0 Å². The van der Waals surface area contributed by atoms with Gasteiger partial charge in [0.1, 0.15) is 0 Å². The summed E-state index contributed by atoms with van der Waals surface area (Å²) in [5.74, 6) is 0. The highest BCUT2D eigenvalue weighted by molar-refractivity contribution is 5.06. The molecule has 0 unspecified atom stereocenters. The van der Waals surface area contributed by atoms with Crippen LogP contribution in [-0.4, -0.2) is 24.2 Å². The summed E-state index contributed by atoms with van der Waals surface area (Å²) in [5, 5.41) is 0. The van der Waals surface area contributed by atoms with E-state index in [0.29, 0.717) is 19.8 Å². The minimum absolute atomic E-state index is 0.0725. The molecule has 0 bridgehead atoms. The van der Waals surface area contributed by atoms with E-state index in [2.05, 4.69) is 4.98 Å². The molecule has 4 heteroatoms. The minimum atomic E-state index is -0.0725. The second kappa shape index (κ2) is 5.64. The Morgan fingerprint density at radius 3 is 3.00 bits per heavy atom. The minimum Gasteiger partial charge on any atom is -0.375 e. The van der Waals surface area contributed by atoms with Crippen molar-refractivity contribution in [2.24, 2.45) is 11.5 Å². The molecular weight excluding hydrogens is 166 g/mol. The van der Waals surface area contributed by atoms with Gasteiger partial charge in [-0.1, -0.05) is 6.07 Å². The second-order valence-electron chi connectivity index (χ2n) is 2.87. The third-order valence-electron chi connectivity index (χ3n) is 1.63. The molecule has 0 saturated carbocycles. The molecular formula is C9H15N3O. The molecule has 1 heterocycles. The van der Waals surface area contributed by atoms with Gasteiger partial charge in [0.15, 0.2) is 0 Å². The Balaban J connectivity index is 2.20. The molecule has 1 rings (SSSR count). The van der Waals surface area contributed by atoms with Crippen molar-refractivity contribution in [3.63, 3.8) is 0 Å². The van der Waals surface area contributed by atoms with Crippen LogP contribution in [0, 0.1) is 0 Å². The van der Waals surface area contributed by atoms with Gasteiger partial charge >= 0.3 is 0 Å². The summed E-state index contributed by atoms with van der Waals surface area (Å²) in [7, 11) is 0. The highest BCUT2D eigenvalue weighted by Gasteiger charge is 1.98. The van der Waals surface area contributed by atoms with Crippen LogP contribution in [0.2, 0.25) is 0 Å². The number of nitrogens with zero attached hydrogens (tertiary/aromatic N) is 1. The van der Waals surface area contributed by atoms with Crippen molar-refractivity contribution in [1.29, 1.82) is 0 Å². The lowest BCUT2D eigenvalue weighted by Crippen LogP contribution is -2.34. The Labute approximate surface area is 77.9 Å². The highest BCUT2D eigenvalue weighted by atomic mass is 16.5. The molecule has 1 aromatic heterocycles. The van der Waals surface area contributed by atoms with E-state index in [-0.39, 0.29) is 6.04 Å². The fourth-order valence-corrected chi connectivity index (χ4v) is 0.880. The van der Waals surface area contributed by atoms with E-state index in [1.807, 2.05) is 12.1 Å². The Morgan fingerprint density at radius 1 is 1.54 bits per heavy atom. The molecule has 0 aliphatic heterocycles. The fraction of sp³-hybridized carbons (Fsp3) is 0.444. The summed E-state index contributed by atoms with van der Waals surface area (Å²) in [6.07, 6.45) is 3.50. The van der Waals surface area contributed by atoms with E-state index in [4.69, 9.17) is 16.2 Å². The normalized spacial score (nSPS) is 12.8. The Bertz CT molecular complexity index is 228. The molecule has 13 heavy (non-hydrogen) atoms. The van der Waals surface area contributed by atoms with Crippen LogP contribution < -0.4 is 11.5 Å². The second-order valence-corrected chi connectivity index (χ2v) is 2.87. The van der Waals surface area contributed by atoms with E-state index in [0.717, 1.165) is 5.56 Å². The Kier molecular flexibility index (Phi) is 4.39. The van der Waals surface area contributed by atoms with Crippen LogP contribution in [0.25, 0.3) is 0 Å². The monoisotopic (exact) mass is 181 g/mol. The zero-order valence-corrected chi connectivity index (χ0v) is 7.52. The van der Waals surface area contributed by atoms with Gasteiger partial charge in [-0.15, -0.1) is 0 Å². The topological polar surface area (TPSA) is 74.2 Å². The number of nitrogens with two attached hydrogens (primary N) is 2. The average molecular weight is 181 g/mol. The Hall–Kier alpha value is -0.970. The molecule has 1 atom stereocenters. The van der Waals surface area contributed by atoms with Gasteiger partial charge in [-0.3, -0.25) is 4.98 Å². The molecule has 0 amide bonds. The van der Waals surface area contributed by atoms with Crippen molar-refractivity contribution in [3.05, 3.63) is 30.1 Å². The molecule has 0 fully saturated rings. The number of ether oxygens (including phenoxy) is 1. The van der Waals surface area contributed by atoms with Crippen LogP contribution in [0.4, 0.5) is 0 Å². The van der Waals surface area contributed by atoms with E-state index >= 15 is 0 Å². The summed E-state index contributed by atoms with van der Waals surface area (Å²) in [6, 6.07) is 3.76. The standard InChI is InChI=1S/C9H15N3O/c10-4-9(11)7-13-6-8-2-1-3-12-5-8/h1-3,5,9H,4,6-7,10-11H2/t9-/m0/s1. The van der Waals surface area contributed by atoms with Gasteiger partial charge in [-0.25, -0.2) is 0 Å². The smallest absolute Gasteiger partial charge is 0.0732 e. The first kappa shape index (κ1) is 10.1. The zero-order chi connectivity index (χ0) is 9.52. The lowest BCUT2D eigenvalue weighted by Gasteiger charge is -2.08. The van der Waals surface area contributed by atoms with Gasteiger partial charge in [-0.2, -0.15) is 0 Å². The van der Waals surface area contributed by atoms with Crippen LogP contribution in [0.1, 0.15) is 5.56 Å². The lowest BCUT2D eigenvalue weighted by atomic mass is 10.3. The zero-order valence-electron chi connectivity index (χ0n) is 7.52. The summed E-state index contributed by atoms with van der Waals surface area (Å²) in [4.78, 5) is 3.97. The predicted octanol–water partition coefficient (Wildman–Crippen LogP) is -0.116. The van der Waals surface area contributed by atoms with Crippen molar-refractivity contribution in [2.45, 2.75) is 12.6 Å². The van der Waals surface area contributed by atoms with Crippen LogP contribution in [0.15, 0.2) is 24.5 Å². The van der Waals surface area contributed by atoms with Gasteiger partial charge in [0.25, 0.3) is 0 Å². The molecule has 0 spiro atoms. The molecule has 0 aliphatic rings. The molecule has 1 aromatic rings. The fourth-order valence-electron chi connectivity index (χ4n) is 0.880. The van der Waals surface area contributed by atoms with Gasteiger partial charge in [-0.05, 0) is 11.6 Å². The van der Waals surface area contributed by atoms with Crippen LogP contribution in [0.3, 0.4) is 0 Å². The first-order valence-corrected chi connectivity index (χ1v) is 4.25. The SMILES string of the molecule is NC[C@H](N)COCc1cccnc1. The van der Waals surface area contributed by atoms with Gasteiger partial charge in [0.2, 0.25) is 0 Å². The molecule has 0 saturated heterocycles. The van der Waals surface area contributed by atoms with E-state index in [1.165, 1.54) is 0 Å². The summed E-state index contributed by atoms with van der Waals surface area (Å²) in [5.41, 5.74) is 12.0. The third-order valence-corrected chi connectivity index (χ3v) is 1.63. The molecule has 72 valence electrons. The summed E-state index contributed by atoms with van der Waals surface area (Å²) >= 11 is 0. The number of hydrogen-bond donors (Lipinski definition) is 2. The first-order valence-electron chi connectivity index (χ1n) is 4.25. The molecule has 0 radical (unpaired) electrons. The lowest BCUT2D eigenvalue weighted by molar-refractivity contribution is 0.109. The summed E-state index contributed by atoms with van der Waals surface area (Å²) < 4.78 is 5.33. The molecule has 0 aliphatic carbocycles. The molecule has 4 nitrogen and oxygen atoms in total. The van der Waals surface area contributed by atoms with Gasteiger partial charge in [0, 0.05) is 25.0 Å². The van der Waals surface area contributed by atoms with E-state index < -0.39 is 0 Å². The number of hydrogen-bond acceptors (Lipinski definition) is 4. The average Bonchev–Trinajstić information content (AvgIpc) is 2.19. The van der Waals surface area contributed by atoms with E-state index in [1.54, 1.807) is 12.4 Å². The predicted molar refractivity (Wildman–Crippen MR) is 50.9 cm³/mol. The molecule has 4 N–H and O–H groups in total. The van der Waals surface area contributed by atoms with Crippen molar-refractivity contribution in [1.82, 2.24) is 4.98 Å². The van der Waals surface area contributed by atoms with Crippen LogP contribution in [-0.2, 0) is 11.3 Å². The van der Waals surface area contributed by atoms with Crippen molar-refractivity contribution < 1.29 is 4.74 Å². The van der Waals surface area contributed by atoms with Crippen LogP contribution >= 0.6 is 0 Å².